The molecule has 1 aliphatic rings. The van der Waals surface area contributed by atoms with Crippen LogP contribution in [0, 0.1) is 5.92 Å². The van der Waals surface area contributed by atoms with E-state index in [0.29, 0.717) is 6.54 Å². The highest BCUT2D eigenvalue weighted by atomic mass is 16.3. The van der Waals surface area contributed by atoms with E-state index in [1.54, 1.807) is 0 Å². The lowest BCUT2D eigenvalue weighted by Crippen LogP contribution is -2.51. The molecule has 2 unspecified atom stereocenters. The van der Waals surface area contributed by atoms with Gasteiger partial charge in [0.15, 0.2) is 0 Å². The van der Waals surface area contributed by atoms with E-state index in [1.807, 2.05) is 36.9 Å². The van der Waals surface area contributed by atoms with Crippen LogP contribution >= 0.6 is 0 Å². The van der Waals surface area contributed by atoms with Crippen LogP contribution in [-0.2, 0) is 10.2 Å². The van der Waals surface area contributed by atoms with E-state index in [9.17, 15) is 9.90 Å². The third-order valence-corrected chi connectivity index (χ3v) is 4.61. The summed E-state index contributed by atoms with van der Waals surface area (Å²) in [5.41, 5.74) is 0.854. The van der Waals surface area contributed by atoms with Gasteiger partial charge in [-0.3, -0.25) is 4.79 Å². The van der Waals surface area contributed by atoms with E-state index in [0.717, 1.165) is 31.4 Å². The summed E-state index contributed by atoms with van der Waals surface area (Å²) in [4.78, 5) is 14.4. The van der Waals surface area contributed by atoms with Crippen LogP contribution in [0.1, 0.15) is 38.7 Å². The molecule has 1 N–H and O–H groups in total. The quantitative estimate of drug-likeness (QED) is 0.917. The van der Waals surface area contributed by atoms with Crippen molar-refractivity contribution in [1.29, 1.82) is 0 Å². The summed E-state index contributed by atoms with van der Waals surface area (Å²) in [7, 11) is 0. The Balaban J connectivity index is 2.21. The van der Waals surface area contributed by atoms with Crippen molar-refractivity contribution in [3.05, 3.63) is 35.9 Å². The Hall–Kier alpha value is -1.35. The number of hydrogen-bond acceptors (Lipinski definition) is 2. The number of piperidine rings is 1. The minimum Gasteiger partial charge on any atom is -0.395 e. The normalized spacial score (nSPS) is 24.4. The predicted octanol–water partition coefficient (Wildman–Crippen LogP) is 2.59. The molecule has 1 saturated heterocycles. The molecule has 3 heteroatoms. The summed E-state index contributed by atoms with van der Waals surface area (Å²) in [6, 6.07) is 10.1. The van der Waals surface area contributed by atoms with Crippen LogP contribution in [0.25, 0.3) is 0 Å². The maximum Gasteiger partial charge on any atom is 0.225 e. The smallest absolute Gasteiger partial charge is 0.225 e. The van der Waals surface area contributed by atoms with Crippen molar-refractivity contribution >= 4 is 5.91 Å². The minimum absolute atomic E-state index is 0.0697. The van der Waals surface area contributed by atoms with Gasteiger partial charge in [0.05, 0.1) is 6.61 Å². The van der Waals surface area contributed by atoms with Gasteiger partial charge in [-0.25, -0.2) is 0 Å². The summed E-state index contributed by atoms with van der Waals surface area (Å²) in [5, 5.41) is 9.95. The van der Waals surface area contributed by atoms with E-state index in [4.69, 9.17) is 0 Å². The van der Waals surface area contributed by atoms with Crippen molar-refractivity contribution in [2.24, 2.45) is 5.92 Å². The molecule has 1 aromatic carbocycles. The molecule has 2 atom stereocenters. The fourth-order valence-corrected chi connectivity index (χ4v) is 3.05. The fraction of sp³-hybridized carbons (Fsp3) is 0.588. The molecule has 0 spiro atoms. The van der Waals surface area contributed by atoms with E-state index in [1.165, 1.54) is 0 Å². The summed E-state index contributed by atoms with van der Waals surface area (Å²) < 4.78 is 0. The first-order chi connectivity index (χ1) is 9.63. The van der Waals surface area contributed by atoms with Gasteiger partial charge in [0, 0.05) is 24.4 Å². The van der Waals surface area contributed by atoms with Crippen molar-refractivity contribution in [1.82, 2.24) is 4.90 Å². The molecule has 1 amide bonds. The second-order valence-electron chi connectivity index (χ2n) is 5.98. The summed E-state index contributed by atoms with van der Waals surface area (Å²) >= 11 is 0. The van der Waals surface area contributed by atoms with E-state index < -0.39 is 0 Å². The first-order valence-corrected chi connectivity index (χ1v) is 7.58. The Labute approximate surface area is 121 Å². The first kappa shape index (κ1) is 15.0. The molecule has 110 valence electrons. The number of aliphatic hydroxyl groups is 1. The molecule has 0 saturated carbocycles. The molecule has 20 heavy (non-hydrogen) atoms. The molecule has 1 heterocycles. The van der Waals surface area contributed by atoms with Crippen molar-refractivity contribution in [2.45, 2.75) is 38.5 Å². The lowest BCUT2D eigenvalue weighted by molar-refractivity contribution is -0.137. The number of rotatable bonds is 4. The predicted molar refractivity (Wildman–Crippen MR) is 80.5 cm³/mol. The van der Waals surface area contributed by atoms with Gasteiger partial charge in [-0.1, -0.05) is 44.2 Å². The van der Waals surface area contributed by atoms with Gasteiger partial charge in [0.25, 0.3) is 0 Å². The molecule has 0 aliphatic carbocycles. The Morgan fingerprint density at radius 2 is 2.10 bits per heavy atom. The number of aliphatic hydroxyl groups excluding tert-OH is 1. The van der Waals surface area contributed by atoms with E-state index in [2.05, 4.69) is 12.1 Å². The van der Waals surface area contributed by atoms with Crippen LogP contribution in [0.4, 0.5) is 0 Å². The second kappa shape index (κ2) is 6.40. The fourth-order valence-electron chi connectivity index (χ4n) is 3.05. The van der Waals surface area contributed by atoms with Gasteiger partial charge < -0.3 is 10.0 Å². The number of carbonyl (C=O) groups is 1. The van der Waals surface area contributed by atoms with Gasteiger partial charge in [-0.15, -0.1) is 0 Å². The molecule has 2 rings (SSSR count). The molecule has 3 nitrogen and oxygen atoms in total. The Morgan fingerprint density at radius 3 is 2.70 bits per heavy atom. The van der Waals surface area contributed by atoms with Crippen molar-refractivity contribution in [3.63, 3.8) is 0 Å². The number of benzene rings is 1. The molecule has 0 bridgehead atoms. The molecule has 1 aliphatic heterocycles. The van der Waals surface area contributed by atoms with Gasteiger partial charge in [-0.05, 0) is 24.8 Å². The van der Waals surface area contributed by atoms with E-state index >= 15 is 0 Å². The number of carbonyl (C=O) groups excluding carboxylic acids is 1. The number of amides is 1. The summed E-state index contributed by atoms with van der Waals surface area (Å²) in [6.07, 6.45) is 2.77. The van der Waals surface area contributed by atoms with Crippen LogP contribution in [0.15, 0.2) is 30.3 Å². The molecular formula is C17H25NO2. The number of likely N-dealkylation sites (tertiary alicyclic amines) is 1. The Bertz CT molecular complexity index is 446. The van der Waals surface area contributed by atoms with Crippen LogP contribution in [0.3, 0.4) is 0 Å². The largest absolute Gasteiger partial charge is 0.395 e. The first-order valence-electron chi connectivity index (χ1n) is 7.58. The third-order valence-electron chi connectivity index (χ3n) is 4.61. The SMILES string of the molecule is CCC(C)C(=O)N1CCCC(CO)(c2ccccc2)C1. The lowest BCUT2D eigenvalue weighted by Gasteiger charge is -2.43. The topological polar surface area (TPSA) is 40.5 Å². The second-order valence-corrected chi connectivity index (χ2v) is 5.98. The Kier molecular flexibility index (Phi) is 4.81. The monoisotopic (exact) mass is 275 g/mol. The highest BCUT2D eigenvalue weighted by Gasteiger charge is 2.38. The summed E-state index contributed by atoms with van der Waals surface area (Å²) in [6.45, 7) is 5.58. The third kappa shape index (κ3) is 2.88. The Morgan fingerprint density at radius 1 is 1.40 bits per heavy atom. The van der Waals surface area contributed by atoms with Gasteiger partial charge in [0.1, 0.15) is 0 Å². The average molecular weight is 275 g/mol. The van der Waals surface area contributed by atoms with Gasteiger partial charge >= 0.3 is 0 Å². The average Bonchev–Trinajstić information content (AvgIpc) is 2.54. The molecule has 1 fully saturated rings. The standard InChI is InChI=1S/C17H25NO2/c1-3-14(2)16(20)18-11-7-10-17(12-18,13-19)15-8-5-4-6-9-15/h4-6,8-9,14,19H,3,7,10-13H2,1-2H3. The highest BCUT2D eigenvalue weighted by molar-refractivity contribution is 5.78. The zero-order valence-electron chi connectivity index (χ0n) is 12.5. The number of hydrogen-bond donors (Lipinski definition) is 1. The summed E-state index contributed by atoms with van der Waals surface area (Å²) in [5.74, 6) is 0.293. The van der Waals surface area contributed by atoms with E-state index in [-0.39, 0.29) is 23.8 Å². The highest BCUT2D eigenvalue weighted by Crippen LogP contribution is 2.34. The van der Waals surface area contributed by atoms with Crippen LogP contribution < -0.4 is 0 Å². The van der Waals surface area contributed by atoms with Crippen LogP contribution in [-0.4, -0.2) is 35.6 Å². The van der Waals surface area contributed by atoms with Crippen LogP contribution in [0.2, 0.25) is 0 Å². The molecule has 1 aromatic rings. The van der Waals surface area contributed by atoms with Crippen molar-refractivity contribution in [3.8, 4) is 0 Å². The minimum atomic E-state index is -0.289. The lowest BCUT2D eigenvalue weighted by atomic mass is 9.74. The zero-order valence-corrected chi connectivity index (χ0v) is 12.5. The zero-order chi connectivity index (χ0) is 14.6. The van der Waals surface area contributed by atoms with Crippen LogP contribution in [0.5, 0.6) is 0 Å². The van der Waals surface area contributed by atoms with Gasteiger partial charge in [-0.2, -0.15) is 0 Å². The van der Waals surface area contributed by atoms with Gasteiger partial charge in [0.2, 0.25) is 5.91 Å². The molecular weight excluding hydrogens is 250 g/mol. The van der Waals surface area contributed by atoms with Crippen molar-refractivity contribution < 1.29 is 9.90 Å². The maximum atomic E-state index is 12.4. The van der Waals surface area contributed by atoms with Crippen molar-refractivity contribution in [2.75, 3.05) is 19.7 Å². The number of nitrogens with zero attached hydrogens (tertiary/aromatic N) is 1. The molecule has 0 aromatic heterocycles. The molecule has 0 radical (unpaired) electrons. The maximum absolute atomic E-state index is 12.4.